The van der Waals surface area contributed by atoms with Crippen molar-refractivity contribution in [1.82, 2.24) is 10.1 Å². The number of hydrogen-bond donors (Lipinski definition) is 1. The van der Waals surface area contributed by atoms with Crippen molar-refractivity contribution >= 4 is 11.1 Å². The lowest BCUT2D eigenvalue weighted by Gasteiger charge is -2.00. The van der Waals surface area contributed by atoms with E-state index in [1.165, 1.54) is 0 Å². The number of hydrogen-bond acceptors (Lipinski definition) is 3. The second-order valence-corrected chi connectivity index (χ2v) is 4.44. The molecular weight excluding hydrogens is 204 g/mol. The van der Waals surface area contributed by atoms with Crippen LogP contribution in [0.15, 0.2) is 15.4 Å². The molecule has 0 amide bonds. The van der Waals surface area contributed by atoms with Gasteiger partial charge in [-0.15, -0.1) is 0 Å². The van der Waals surface area contributed by atoms with Gasteiger partial charge in [0.2, 0.25) is 5.71 Å². The zero-order chi connectivity index (χ0) is 11.7. The molecule has 0 fully saturated rings. The van der Waals surface area contributed by atoms with Crippen LogP contribution >= 0.6 is 0 Å². The van der Waals surface area contributed by atoms with E-state index in [4.69, 9.17) is 4.52 Å². The van der Waals surface area contributed by atoms with Crippen molar-refractivity contribution in [3.8, 4) is 0 Å². The molecule has 0 aromatic carbocycles. The Hall–Kier alpha value is -1.58. The Morgan fingerprint density at radius 2 is 2.25 bits per heavy atom. The first-order valence-corrected chi connectivity index (χ1v) is 5.62. The van der Waals surface area contributed by atoms with Gasteiger partial charge in [-0.3, -0.25) is 4.79 Å². The van der Waals surface area contributed by atoms with E-state index in [-0.39, 0.29) is 5.43 Å². The molecule has 2 aromatic heterocycles. The van der Waals surface area contributed by atoms with Gasteiger partial charge in [-0.1, -0.05) is 25.9 Å². The normalized spacial score (nSPS) is 11.5. The quantitative estimate of drug-likeness (QED) is 0.863. The monoisotopic (exact) mass is 220 g/mol. The van der Waals surface area contributed by atoms with Gasteiger partial charge in [0, 0.05) is 11.8 Å². The number of aromatic nitrogens is 2. The molecule has 0 spiro atoms. The topological polar surface area (TPSA) is 58.9 Å². The summed E-state index contributed by atoms with van der Waals surface area (Å²) in [7, 11) is 0. The molecule has 86 valence electrons. The highest BCUT2D eigenvalue weighted by Gasteiger charge is 2.13. The summed E-state index contributed by atoms with van der Waals surface area (Å²) < 4.78 is 5.17. The summed E-state index contributed by atoms with van der Waals surface area (Å²) in [5, 5.41) is 4.57. The number of pyridine rings is 1. The lowest BCUT2D eigenvalue weighted by molar-refractivity contribution is 0.432. The highest BCUT2D eigenvalue weighted by molar-refractivity contribution is 5.75. The van der Waals surface area contributed by atoms with Crippen LogP contribution in [0.3, 0.4) is 0 Å². The molecule has 4 nitrogen and oxygen atoms in total. The van der Waals surface area contributed by atoms with Crippen molar-refractivity contribution in [2.24, 2.45) is 5.92 Å². The van der Waals surface area contributed by atoms with Crippen molar-refractivity contribution < 1.29 is 4.52 Å². The second kappa shape index (κ2) is 4.12. The molecule has 1 N–H and O–H groups in total. The average Bonchev–Trinajstić information content (AvgIpc) is 2.60. The Morgan fingerprint density at radius 3 is 2.88 bits per heavy atom. The maximum Gasteiger partial charge on any atom is 0.240 e. The van der Waals surface area contributed by atoms with E-state index in [9.17, 15) is 4.79 Å². The van der Waals surface area contributed by atoms with E-state index in [1.807, 2.05) is 6.92 Å². The number of aromatic amines is 1. The molecule has 0 saturated carbocycles. The summed E-state index contributed by atoms with van der Waals surface area (Å²) in [6, 6.07) is 1.63. The summed E-state index contributed by atoms with van der Waals surface area (Å²) in [5.74, 6) is 0.457. The summed E-state index contributed by atoms with van der Waals surface area (Å²) in [5.41, 5.74) is 2.14. The van der Waals surface area contributed by atoms with Gasteiger partial charge in [0.05, 0.1) is 5.69 Å². The van der Waals surface area contributed by atoms with Crippen LogP contribution in [-0.4, -0.2) is 10.1 Å². The van der Waals surface area contributed by atoms with E-state index in [1.54, 1.807) is 6.07 Å². The van der Waals surface area contributed by atoms with Crippen molar-refractivity contribution in [3.63, 3.8) is 0 Å². The third-order valence-corrected chi connectivity index (χ3v) is 2.57. The largest absolute Gasteiger partial charge is 0.337 e. The van der Waals surface area contributed by atoms with Crippen LogP contribution in [0.25, 0.3) is 11.1 Å². The molecule has 2 heterocycles. The zero-order valence-electron chi connectivity index (χ0n) is 9.83. The number of aryl methyl sites for hydroxylation is 1. The lowest BCUT2D eigenvalue weighted by Crippen LogP contribution is -2.06. The van der Waals surface area contributed by atoms with Crippen LogP contribution in [0.1, 0.15) is 32.2 Å². The minimum Gasteiger partial charge on any atom is -0.337 e. The van der Waals surface area contributed by atoms with E-state index in [0.717, 1.165) is 24.2 Å². The fourth-order valence-corrected chi connectivity index (χ4v) is 1.79. The van der Waals surface area contributed by atoms with Gasteiger partial charge in [0.25, 0.3) is 0 Å². The molecule has 0 atom stereocenters. The van der Waals surface area contributed by atoms with Gasteiger partial charge in [-0.25, -0.2) is 0 Å². The predicted molar refractivity (Wildman–Crippen MR) is 62.5 cm³/mol. The Kier molecular flexibility index (Phi) is 2.81. The van der Waals surface area contributed by atoms with Crippen molar-refractivity contribution in [3.05, 3.63) is 27.7 Å². The van der Waals surface area contributed by atoms with Crippen molar-refractivity contribution in [2.75, 3.05) is 0 Å². The minimum absolute atomic E-state index is 0.00231. The Morgan fingerprint density at radius 1 is 1.50 bits per heavy atom. The molecular formula is C12H16N2O2. The summed E-state index contributed by atoms with van der Waals surface area (Å²) >= 11 is 0. The standard InChI is InChI=1S/C12H16N2O2/c1-4-8-6-10(15)11-9(5-7(2)3)14-16-12(11)13-8/h6-7H,4-5H2,1-3H3,(H,13,15). The summed E-state index contributed by atoms with van der Waals surface area (Å²) in [6.07, 6.45) is 1.55. The molecule has 0 aliphatic rings. The second-order valence-electron chi connectivity index (χ2n) is 4.44. The fourth-order valence-electron chi connectivity index (χ4n) is 1.79. The Bertz CT molecular complexity index is 552. The van der Waals surface area contributed by atoms with Gasteiger partial charge < -0.3 is 9.51 Å². The maximum absolute atomic E-state index is 11.9. The summed E-state index contributed by atoms with van der Waals surface area (Å²) in [4.78, 5) is 15.0. The Labute approximate surface area is 93.6 Å². The summed E-state index contributed by atoms with van der Waals surface area (Å²) in [6.45, 7) is 6.17. The SMILES string of the molecule is CCc1cc(=O)c2c(CC(C)C)noc2[nH]1. The van der Waals surface area contributed by atoms with E-state index >= 15 is 0 Å². The smallest absolute Gasteiger partial charge is 0.240 e. The van der Waals surface area contributed by atoms with Crippen LogP contribution in [0.5, 0.6) is 0 Å². The van der Waals surface area contributed by atoms with E-state index in [2.05, 4.69) is 24.0 Å². The van der Waals surface area contributed by atoms with E-state index < -0.39 is 0 Å². The third-order valence-electron chi connectivity index (χ3n) is 2.57. The highest BCUT2D eigenvalue weighted by atomic mass is 16.5. The van der Waals surface area contributed by atoms with Crippen molar-refractivity contribution in [1.29, 1.82) is 0 Å². The number of rotatable bonds is 3. The molecule has 2 rings (SSSR count). The van der Waals surface area contributed by atoms with Crippen LogP contribution in [0.2, 0.25) is 0 Å². The molecule has 0 aliphatic heterocycles. The maximum atomic E-state index is 11.9. The molecule has 0 saturated heterocycles. The molecule has 0 unspecified atom stereocenters. The van der Waals surface area contributed by atoms with Gasteiger partial charge in [0.1, 0.15) is 5.39 Å². The first-order chi connectivity index (χ1) is 7.61. The van der Waals surface area contributed by atoms with Gasteiger partial charge in [-0.2, -0.15) is 0 Å². The number of fused-ring (bicyclic) bond motifs is 1. The van der Waals surface area contributed by atoms with Gasteiger partial charge >= 0.3 is 0 Å². The molecule has 0 radical (unpaired) electrons. The van der Waals surface area contributed by atoms with Gasteiger partial charge in [0.15, 0.2) is 5.43 Å². The number of nitrogens with zero attached hydrogens (tertiary/aromatic N) is 1. The van der Waals surface area contributed by atoms with Gasteiger partial charge in [-0.05, 0) is 18.8 Å². The third kappa shape index (κ3) is 1.87. The molecule has 0 aliphatic carbocycles. The zero-order valence-corrected chi connectivity index (χ0v) is 9.83. The Balaban J connectivity index is 2.59. The molecule has 0 bridgehead atoms. The average molecular weight is 220 g/mol. The lowest BCUT2D eigenvalue weighted by atomic mass is 10.1. The molecule has 16 heavy (non-hydrogen) atoms. The highest BCUT2D eigenvalue weighted by Crippen LogP contribution is 2.16. The first kappa shape index (κ1) is 10.9. The number of H-pyrrole nitrogens is 1. The van der Waals surface area contributed by atoms with Crippen molar-refractivity contribution in [2.45, 2.75) is 33.6 Å². The van der Waals surface area contributed by atoms with E-state index in [0.29, 0.717) is 17.0 Å². The molecule has 2 aromatic rings. The number of nitrogens with one attached hydrogen (secondary N) is 1. The van der Waals surface area contributed by atoms with Crippen LogP contribution < -0.4 is 5.43 Å². The van der Waals surface area contributed by atoms with Crippen LogP contribution in [0.4, 0.5) is 0 Å². The fraction of sp³-hybridized carbons (Fsp3) is 0.500. The predicted octanol–water partition coefficient (Wildman–Crippen LogP) is 2.28. The first-order valence-electron chi connectivity index (χ1n) is 5.62. The van der Waals surface area contributed by atoms with Crippen LogP contribution in [-0.2, 0) is 12.8 Å². The van der Waals surface area contributed by atoms with Crippen LogP contribution in [0, 0.1) is 5.92 Å². The molecule has 4 heteroatoms. The minimum atomic E-state index is 0.00231.